The Bertz CT molecular complexity index is 213. The lowest BCUT2D eigenvalue weighted by molar-refractivity contribution is -0.116. The Morgan fingerprint density at radius 1 is 1.75 bits per heavy atom. The summed E-state index contributed by atoms with van der Waals surface area (Å²) in [4.78, 5) is 13.2. The zero-order chi connectivity index (χ0) is 8.81. The molecule has 0 aromatic carbocycles. The summed E-state index contributed by atoms with van der Waals surface area (Å²) >= 11 is 2.85. The molecule has 0 aliphatic carbocycles. The predicted molar refractivity (Wildman–Crippen MR) is 48.7 cm³/mol. The first-order valence-corrected chi connectivity index (χ1v) is 4.63. The van der Waals surface area contributed by atoms with Gasteiger partial charge in [-0.25, -0.2) is 0 Å². The number of ether oxygens (including phenoxy) is 1. The van der Waals surface area contributed by atoms with E-state index < -0.39 is 0 Å². The standard InChI is InChI=1S/C8H10BrNO2/c9-4-3-8(11)10-6-7-2-1-5-12-7/h7H,1-2,5-6H2,(H,10,11). The van der Waals surface area contributed by atoms with Crippen LogP contribution in [0, 0.1) is 10.8 Å². The fourth-order valence-corrected chi connectivity index (χ4v) is 1.28. The molecule has 1 fully saturated rings. The zero-order valence-electron chi connectivity index (χ0n) is 6.60. The molecule has 12 heavy (non-hydrogen) atoms. The molecular formula is C8H10BrNO2. The van der Waals surface area contributed by atoms with Crippen molar-refractivity contribution in [2.45, 2.75) is 18.9 Å². The Hall–Kier alpha value is -0.530. The van der Waals surface area contributed by atoms with Crippen molar-refractivity contribution >= 4 is 21.8 Å². The van der Waals surface area contributed by atoms with Gasteiger partial charge in [0.2, 0.25) is 0 Å². The van der Waals surface area contributed by atoms with Gasteiger partial charge in [-0.05, 0) is 17.7 Å². The highest BCUT2D eigenvalue weighted by Gasteiger charge is 2.15. The van der Waals surface area contributed by atoms with Crippen LogP contribution in [0.4, 0.5) is 0 Å². The lowest BCUT2D eigenvalue weighted by atomic mass is 10.2. The quantitative estimate of drug-likeness (QED) is 0.709. The number of carbonyl (C=O) groups excluding carboxylic acids is 1. The van der Waals surface area contributed by atoms with Crippen molar-refractivity contribution in [2.75, 3.05) is 13.2 Å². The van der Waals surface area contributed by atoms with Crippen molar-refractivity contribution in [1.29, 1.82) is 0 Å². The Morgan fingerprint density at radius 3 is 3.17 bits per heavy atom. The molecule has 1 saturated heterocycles. The minimum Gasteiger partial charge on any atom is -0.376 e. The van der Waals surface area contributed by atoms with Gasteiger partial charge in [0.1, 0.15) is 0 Å². The minimum atomic E-state index is -0.262. The van der Waals surface area contributed by atoms with Gasteiger partial charge in [0.05, 0.1) is 6.10 Å². The number of nitrogens with one attached hydrogen (secondary N) is 1. The molecule has 1 heterocycles. The maximum absolute atomic E-state index is 10.8. The van der Waals surface area contributed by atoms with Crippen LogP contribution in [0.3, 0.4) is 0 Å². The topological polar surface area (TPSA) is 38.3 Å². The van der Waals surface area contributed by atoms with Crippen LogP contribution < -0.4 is 5.32 Å². The van der Waals surface area contributed by atoms with Crippen LogP contribution in [0.15, 0.2) is 0 Å². The summed E-state index contributed by atoms with van der Waals surface area (Å²) in [6, 6.07) is 0. The van der Waals surface area contributed by atoms with Crippen molar-refractivity contribution in [3.63, 3.8) is 0 Å². The van der Waals surface area contributed by atoms with Gasteiger partial charge in [-0.15, -0.1) is 0 Å². The summed E-state index contributed by atoms with van der Waals surface area (Å²) in [5, 5.41) is 2.66. The van der Waals surface area contributed by atoms with E-state index in [1.165, 1.54) is 0 Å². The van der Waals surface area contributed by atoms with Crippen LogP contribution in [-0.4, -0.2) is 25.2 Å². The molecule has 1 amide bonds. The van der Waals surface area contributed by atoms with E-state index in [4.69, 9.17) is 4.74 Å². The largest absolute Gasteiger partial charge is 0.376 e. The number of carbonyl (C=O) groups is 1. The van der Waals surface area contributed by atoms with Gasteiger partial charge in [-0.1, -0.05) is 0 Å². The molecule has 1 rings (SSSR count). The smallest absolute Gasteiger partial charge is 0.296 e. The van der Waals surface area contributed by atoms with Gasteiger partial charge in [-0.2, -0.15) is 0 Å². The summed E-state index contributed by atoms with van der Waals surface area (Å²) in [6.07, 6.45) is 2.30. The summed E-state index contributed by atoms with van der Waals surface area (Å²) < 4.78 is 5.31. The van der Waals surface area contributed by atoms with Gasteiger partial charge in [0.25, 0.3) is 5.91 Å². The average molecular weight is 232 g/mol. The van der Waals surface area contributed by atoms with Gasteiger partial charge in [0, 0.05) is 35.0 Å². The minimum absolute atomic E-state index is 0.186. The fraction of sp³-hybridized carbons (Fsp3) is 0.625. The van der Waals surface area contributed by atoms with Gasteiger partial charge < -0.3 is 10.1 Å². The maximum Gasteiger partial charge on any atom is 0.296 e. The van der Waals surface area contributed by atoms with E-state index in [1.54, 1.807) is 0 Å². The molecule has 0 spiro atoms. The first kappa shape index (κ1) is 9.56. The van der Waals surface area contributed by atoms with Gasteiger partial charge in [-0.3, -0.25) is 4.79 Å². The predicted octanol–water partition coefficient (Wildman–Crippen LogP) is 0.637. The molecule has 3 nitrogen and oxygen atoms in total. The second-order valence-corrected chi connectivity index (χ2v) is 2.96. The molecule has 1 unspecified atom stereocenters. The Labute approximate surface area is 80.0 Å². The van der Waals surface area contributed by atoms with Crippen LogP contribution in [0.25, 0.3) is 0 Å². The van der Waals surface area contributed by atoms with Crippen LogP contribution in [0.5, 0.6) is 0 Å². The second kappa shape index (κ2) is 5.18. The molecule has 1 atom stereocenters. The highest BCUT2D eigenvalue weighted by atomic mass is 79.9. The number of halogens is 1. The molecule has 0 bridgehead atoms. The number of amides is 1. The Morgan fingerprint density at radius 2 is 2.58 bits per heavy atom. The van der Waals surface area contributed by atoms with Crippen LogP contribution >= 0.6 is 15.9 Å². The van der Waals surface area contributed by atoms with Crippen molar-refractivity contribution < 1.29 is 9.53 Å². The first-order chi connectivity index (χ1) is 5.83. The van der Waals surface area contributed by atoms with Crippen molar-refractivity contribution in [3.8, 4) is 10.8 Å². The summed E-state index contributed by atoms with van der Waals surface area (Å²) in [5.41, 5.74) is 0. The van der Waals surface area contributed by atoms with Crippen LogP contribution in [0.1, 0.15) is 12.8 Å². The fourth-order valence-electron chi connectivity index (χ4n) is 1.10. The maximum atomic E-state index is 10.8. The third kappa shape index (κ3) is 3.24. The molecular weight excluding hydrogens is 222 g/mol. The van der Waals surface area contributed by atoms with Crippen molar-refractivity contribution in [2.24, 2.45) is 0 Å². The Kier molecular flexibility index (Phi) is 4.12. The van der Waals surface area contributed by atoms with E-state index in [1.807, 2.05) is 0 Å². The van der Waals surface area contributed by atoms with E-state index in [0.29, 0.717) is 6.54 Å². The molecule has 0 radical (unpaired) electrons. The van der Waals surface area contributed by atoms with E-state index in [2.05, 4.69) is 32.0 Å². The summed E-state index contributed by atoms with van der Waals surface area (Å²) in [5.74, 6) is 2.07. The summed E-state index contributed by atoms with van der Waals surface area (Å²) in [7, 11) is 0. The lowest BCUT2D eigenvalue weighted by Crippen LogP contribution is -2.30. The number of rotatable bonds is 2. The van der Waals surface area contributed by atoms with Crippen LogP contribution in [-0.2, 0) is 9.53 Å². The molecule has 1 aliphatic rings. The highest BCUT2D eigenvalue weighted by Crippen LogP contribution is 2.10. The normalized spacial score (nSPS) is 21.2. The number of hydrogen-bond acceptors (Lipinski definition) is 2. The molecule has 4 heteroatoms. The number of hydrogen-bond donors (Lipinski definition) is 1. The highest BCUT2D eigenvalue weighted by molar-refractivity contribution is 9.12. The van der Waals surface area contributed by atoms with E-state index in [-0.39, 0.29) is 12.0 Å². The Balaban J connectivity index is 2.14. The third-order valence-corrected chi connectivity index (χ3v) is 1.87. The molecule has 0 saturated carbocycles. The first-order valence-electron chi connectivity index (χ1n) is 3.84. The summed E-state index contributed by atoms with van der Waals surface area (Å²) in [6.45, 7) is 1.38. The molecule has 0 aromatic heterocycles. The van der Waals surface area contributed by atoms with Crippen molar-refractivity contribution in [1.82, 2.24) is 5.32 Å². The van der Waals surface area contributed by atoms with E-state index >= 15 is 0 Å². The molecule has 1 aliphatic heterocycles. The average Bonchev–Trinajstić information content (AvgIpc) is 2.53. The molecule has 1 N–H and O–H groups in total. The second-order valence-electron chi connectivity index (χ2n) is 2.56. The van der Waals surface area contributed by atoms with Crippen molar-refractivity contribution in [3.05, 3.63) is 0 Å². The third-order valence-electron chi connectivity index (χ3n) is 1.68. The SMILES string of the molecule is O=C(C#CBr)NCC1CCCO1. The molecule has 0 aromatic rings. The van der Waals surface area contributed by atoms with E-state index in [0.717, 1.165) is 19.4 Å². The van der Waals surface area contributed by atoms with Crippen LogP contribution in [0.2, 0.25) is 0 Å². The lowest BCUT2D eigenvalue weighted by Gasteiger charge is -2.07. The monoisotopic (exact) mass is 231 g/mol. The molecule has 66 valence electrons. The van der Waals surface area contributed by atoms with E-state index in [9.17, 15) is 4.79 Å². The zero-order valence-corrected chi connectivity index (χ0v) is 8.19. The van der Waals surface area contributed by atoms with Gasteiger partial charge in [0.15, 0.2) is 0 Å². The van der Waals surface area contributed by atoms with Gasteiger partial charge >= 0.3 is 0 Å².